The molecule has 0 heterocycles. The molecule has 102 valence electrons. The van der Waals surface area contributed by atoms with Gasteiger partial charge in [-0.15, -0.1) is 0 Å². The van der Waals surface area contributed by atoms with E-state index in [0.29, 0.717) is 17.4 Å². The molecule has 3 heteroatoms. The number of rotatable bonds is 4. The summed E-state index contributed by atoms with van der Waals surface area (Å²) in [5, 5.41) is 19.6. The third-order valence-corrected chi connectivity index (χ3v) is 5.74. The van der Waals surface area contributed by atoms with Crippen molar-refractivity contribution in [3.05, 3.63) is 11.6 Å². The number of aliphatic hydroxyl groups is 1. The van der Waals surface area contributed by atoms with Crippen LogP contribution in [0.2, 0.25) is 0 Å². The molecule has 2 saturated carbocycles. The molecule has 2 aliphatic rings. The van der Waals surface area contributed by atoms with E-state index in [4.69, 9.17) is 5.11 Å². The number of fused-ring (bicyclic) bond motifs is 2. The summed E-state index contributed by atoms with van der Waals surface area (Å²) in [5.41, 5.74) is -0.229. The second kappa shape index (κ2) is 4.37. The maximum atomic E-state index is 10.7. The van der Waals surface area contributed by atoms with E-state index in [-0.39, 0.29) is 5.41 Å². The third-order valence-electron chi connectivity index (χ3n) is 5.74. The lowest BCUT2D eigenvalue weighted by atomic mass is 9.63. The van der Waals surface area contributed by atoms with Gasteiger partial charge < -0.3 is 10.2 Å². The van der Waals surface area contributed by atoms with Crippen molar-refractivity contribution in [1.82, 2.24) is 0 Å². The lowest BCUT2D eigenvalue weighted by molar-refractivity contribution is -0.132. The fraction of sp³-hybridized carbons (Fsp3) is 0.800. The maximum Gasteiger partial charge on any atom is 0.330 e. The zero-order chi connectivity index (χ0) is 13.6. The van der Waals surface area contributed by atoms with E-state index >= 15 is 0 Å². The van der Waals surface area contributed by atoms with Gasteiger partial charge in [-0.3, -0.25) is 0 Å². The van der Waals surface area contributed by atoms with Crippen molar-refractivity contribution in [2.45, 2.75) is 58.5 Å². The van der Waals surface area contributed by atoms with Gasteiger partial charge in [0.1, 0.15) is 0 Å². The molecule has 4 atom stereocenters. The number of aliphatic carboxylic acids is 1. The lowest BCUT2D eigenvalue weighted by Gasteiger charge is -2.46. The van der Waals surface area contributed by atoms with E-state index in [0.717, 1.165) is 25.7 Å². The van der Waals surface area contributed by atoms with Gasteiger partial charge in [0.05, 0.1) is 5.60 Å². The summed E-state index contributed by atoms with van der Waals surface area (Å²) in [5.74, 6) is 0.202. The molecule has 0 aliphatic heterocycles. The molecule has 0 amide bonds. The highest BCUT2D eigenvalue weighted by Crippen LogP contribution is 2.63. The van der Waals surface area contributed by atoms with E-state index in [9.17, 15) is 9.90 Å². The Balaban J connectivity index is 2.04. The Kier molecular flexibility index (Phi) is 3.30. The second-order valence-electron chi connectivity index (χ2n) is 6.50. The van der Waals surface area contributed by atoms with Crippen LogP contribution in [0, 0.1) is 17.3 Å². The number of allylic oxidation sites excluding steroid dienone is 1. The van der Waals surface area contributed by atoms with Gasteiger partial charge in [0.15, 0.2) is 0 Å². The fourth-order valence-corrected chi connectivity index (χ4v) is 4.08. The standard InChI is InChI=1S/C15H24O3/c1-10(13(16)17)5-4-8-14(2)11-6-7-12(9-11)15(14,3)18/h5,11-12,18H,4,6-9H2,1-3H3,(H,16,17)/b10-5+/t11-,12+,14+,15-/m1/s1. The Morgan fingerprint density at radius 2 is 1.94 bits per heavy atom. The topological polar surface area (TPSA) is 57.5 Å². The van der Waals surface area contributed by atoms with Gasteiger partial charge in [-0.1, -0.05) is 13.0 Å². The van der Waals surface area contributed by atoms with Gasteiger partial charge in [-0.05, 0) is 63.2 Å². The Morgan fingerprint density at radius 1 is 1.33 bits per heavy atom. The van der Waals surface area contributed by atoms with Crippen LogP contribution in [-0.2, 0) is 4.79 Å². The molecule has 2 N–H and O–H groups in total. The highest BCUT2D eigenvalue weighted by molar-refractivity contribution is 5.85. The van der Waals surface area contributed by atoms with E-state index in [1.165, 1.54) is 6.42 Å². The third kappa shape index (κ3) is 1.89. The van der Waals surface area contributed by atoms with E-state index in [1.807, 2.05) is 6.92 Å². The first-order chi connectivity index (χ1) is 8.29. The minimum atomic E-state index is -0.847. The van der Waals surface area contributed by atoms with Crippen molar-refractivity contribution >= 4 is 5.97 Å². The SMILES string of the molecule is C/C(=C\CC[C@@]1(C)[C@@H]2CC[C@@H](C2)[C@@]1(C)O)C(=O)O. The number of hydrogen-bond donors (Lipinski definition) is 2. The molecule has 0 unspecified atom stereocenters. The van der Waals surface area contributed by atoms with E-state index in [1.54, 1.807) is 13.0 Å². The van der Waals surface area contributed by atoms with Crippen molar-refractivity contribution < 1.29 is 15.0 Å². The molecule has 2 fully saturated rings. The molecule has 2 bridgehead atoms. The summed E-state index contributed by atoms with van der Waals surface area (Å²) in [6, 6.07) is 0. The molecule has 0 aromatic rings. The minimum Gasteiger partial charge on any atom is -0.478 e. The molecule has 3 nitrogen and oxygen atoms in total. The molecule has 0 spiro atoms. The molecule has 0 saturated heterocycles. The van der Waals surface area contributed by atoms with Crippen molar-refractivity contribution in [2.75, 3.05) is 0 Å². The first kappa shape index (κ1) is 13.6. The second-order valence-corrected chi connectivity index (χ2v) is 6.50. The first-order valence-corrected chi connectivity index (χ1v) is 6.91. The van der Waals surface area contributed by atoms with Gasteiger partial charge in [0, 0.05) is 5.57 Å². The van der Waals surface area contributed by atoms with E-state index < -0.39 is 11.6 Å². The smallest absolute Gasteiger partial charge is 0.330 e. The fourth-order valence-electron chi connectivity index (χ4n) is 4.08. The normalized spacial score (nSPS) is 43.4. The van der Waals surface area contributed by atoms with Gasteiger partial charge in [-0.25, -0.2) is 4.79 Å². The Morgan fingerprint density at radius 3 is 2.44 bits per heavy atom. The molecule has 18 heavy (non-hydrogen) atoms. The average molecular weight is 252 g/mol. The predicted molar refractivity (Wildman–Crippen MR) is 70.2 cm³/mol. The Bertz CT molecular complexity index is 383. The molecule has 2 rings (SSSR count). The van der Waals surface area contributed by atoms with Crippen molar-refractivity contribution in [3.63, 3.8) is 0 Å². The van der Waals surface area contributed by atoms with Gasteiger partial charge in [0.2, 0.25) is 0 Å². The van der Waals surface area contributed by atoms with Crippen LogP contribution in [0.4, 0.5) is 0 Å². The number of hydrogen-bond acceptors (Lipinski definition) is 2. The zero-order valence-electron chi connectivity index (χ0n) is 11.6. The molecule has 0 radical (unpaired) electrons. The monoisotopic (exact) mass is 252 g/mol. The summed E-state index contributed by atoms with van der Waals surface area (Å²) in [6.07, 6.45) is 6.93. The van der Waals surface area contributed by atoms with Crippen molar-refractivity contribution in [1.29, 1.82) is 0 Å². The van der Waals surface area contributed by atoms with Crippen LogP contribution in [0.3, 0.4) is 0 Å². The lowest BCUT2D eigenvalue weighted by Crippen LogP contribution is -2.48. The van der Waals surface area contributed by atoms with Gasteiger partial charge in [0.25, 0.3) is 0 Å². The minimum absolute atomic E-state index is 0.0504. The van der Waals surface area contributed by atoms with Crippen molar-refractivity contribution in [2.24, 2.45) is 17.3 Å². The largest absolute Gasteiger partial charge is 0.478 e. The summed E-state index contributed by atoms with van der Waals surface area (Å²) >= 11 is 0. The highest BCUT2D eigenvalue weighted by Gasteiger charge is 2.61. The molecule has 0 aromatic carbocycles. The van der Waals surface area contributed by atoms with Crippen LogP contribution in [0.15, 0.2) is 11.6 Å². The average Bonchev–Trinajstić information content (AvgIpc) is 2.82. The molecule has 0 aromatic heterocycles. The summed E-state index contributed by atoms with van der Waals surface area (Å²) in [7, 11) is 0. The van der Waals surface area contributed by atoms with Crippen LogP contribution in [-0.4, -0.2) is 21.8 Å². The molecular formula is C15H24O3. The first-order valence-electron chi connectivity index (χ1n) is 6.91. The van der Waals surface area contributed by atoms with E-state index in [2.05, 4.69) is 6.92 Å². The highest BCUT2D eigenvalue weighted by atomic mass is 16.4. The number of carboxylic acid groups (broad SMARTS) is 1. The van der Waals surface area contributed by atoms with Crippen LogP contribution < -0.4 is 0 Å². The van der Waals surface area contributed by atoms with Crippen LogP contribution in [0.5, 0.6) is 0 Å². The Labute approximate surface area is 109 Å². The van der Waals surface area contributed by atoms with Crippen LogP contribution in [0.1, 0.15) is 52.9 Å². The predicted octanol–water partition coefficient (Wildman–Crippen LogP) is 2.98. The zero-order valence-corrected chi connectivity index (χ0v) is 11.6. The molecular weight excluding hydrogens is 228 g/mol. The number of carbonyl (C=O) groups is 1. The summed E-state index contributed by atoms with van der Waals surface area (Å²) < 4.78 is 0. The van der Waals surface area contributed by atoms with Gasteiger partial charge >= 0.3 is 5.97 Å². The van der Waals surface area contributed by atoms with Crippen LogP contribution in [0.25, 0.3) is 0 Å². The van der Waals surface area contributed by atoms with Gasteiger partial charge in [-0.2, -0.15) is 0 Å². The van der Waals surface area contributed by atoms with Crippen molar-refractivity contribution in [3.8, 4) is 0 Å². The summed E-state index contributed by atoms with van der Waals surface area (Å²) in [4.78, 5) is 10.7. The molecule has 2 aliphatic carbocycles. The summed E-state index contributed by atoms with van der Waals surface area (Å²) in [6.45, 7) is 5.79. The maximum absolute atomic E-state index is 10.7. The quantitative estimate of drug-likeness (QED) is 0.756. The Hall–Kier alpha value is -0.830. The number of carboxylic acids is 1. The van der Waals surface area contributed by atoms with Crippen LogP contribution >= 0.6 is 0 Å².